The minimum Gasteiger partial charge on any atom is -0.494 e. The molecule has 13 heteroatoms. The second kappa shape index (κ2) is 13.6. The van der Waals surface area contributed by atoms with Crippen molar-refractivity contribution in [3.63, 3.8) is 0 Å². The SMILES string of the molecule is COc1cc(C(=O)N2CC[C@@H](OC)[C@@H](N)C2)cc2nc(-c3cc4ccc5nc4n3CCCCCc3nc4ccccc4nc3C(=O)N[C@@H]5C)n(C)c12. The summed E-state index contributed by atoms with van der Waals surface area (Å²) in [5.74, 6) is 0.930. The summed E-state index contributed by atoms with van der Waals surface area (Å²) in [5.41, 5.74) is 13.3. The number of hydrogen-bond acceptors (Lipinski definition) is 9. The summed E-state index contributed by atoms with van der Waals surface area (Å²) >= 11 is 0. The van der Waals surface area contributed by atoms with Gasteiger partial charge in [-0.05, 0) is 75.1 Å². The van der Waals surface area contributed by atoms with Crippen LogP contribution in [0.4, 0.5) is 0 Å². The maximum Gasteiger partial charge on any atom is 0.272 e. The number of piperidine rings is 1. The molecule has 1 saturated heterocycles. The fourth-order valence-corrected chi connectivity index (χ4v) is 7.70. The third kappa shape index (κ3) is 5.93. The van der Waals surface area contributed by atoms with Crippen molar-refractivity contribution in [2.45, 2.75) is 63.8 Å². The summed E-state index contributed by atoms with van der Waals surface area (Å²) in [5, 5.41) is 4.10. The van der Waals surface area contributed by atoms with E-state index in [1.165, 1.54) is 0 Å². The zero-order chi connectivity index (χ0) is 36.1. The highest BCUT2D eigenvalue weighted by Crippen LogP contribution is 2.35. The van der Waals surface area contributed by atoms with Crippen LogP contribution < -0.4 is 15.8 Å². The summed E-state index contributed by atoms with van der Waals surface area (Å²) in [6.45, 7) is 3.63. The van der Waals surface area contributed by atoms with Gasteiger partial charge in [-0.3, -0.25) is 9.59 Å². The number of carbonyl (C=O) groups excluding carboxylic acids is 2. The first-order valence-electron chi connectivity index (χ1n) is 17.9. The number of nitrogens with two attached hydrogens (primary N) is 1. The van der Waals surface area contributed by atoms with Crippen molar-refractivity contribution < 1.29 is 19.1 Å². The van der Waals surface area contributed by atoms with Crippen molar-refractivity contribution in [1.82, 2.24) is 39.3 Å². The van der Waals surface area contributed by atoms with Crippen LogP contribution >= 0.6 is 0 Å². The number of benzene rings is 2. The van der Waals surface area contributed by atoms with Crippen molar-refractivity contribution in [3.05, 3.63) is 77.2 Å². The lowest BCUT2D eigenvalue weighted by Gasteiger charge is -2.36. The average Bonchev–Trinajstić information content (AvgIpc) is 3.69. The predicted octanol–water partition coefficient (Wildman–Crippen LogP) is 4.95. The number of nitrogens with zero attached hydrogens (tertiary/aromatic N) is 7. The summed E-state index contributed by atoms with van der Waals surface area (Å²) in [6, 6.07) is 16.8. The van der Waals surface area contributed by atoms with Crippen molar-refractivity contribution in [3.8, 4) is 17.3 Å². The molecule has 2 amide bonds. The molecule has 2 aliphatic rings. The molecule has 2 aromatic carbocycles. The Kier molecular flexibility index (Phi) is 8.84. The van der Waals surface area contributed by atoms with E-state index in [0.29, 0.717) is 66.2 Å². The Bertz CT molecular complexity index is 2350. The van der Waals surface area contributed by atoms with E-state index in [0.717, 1.165) is 58.5 Å². The Labute approximate surface area is 301 Å². The molecule has 8 rings (SSSR count). The minimum atomic E-state index is -0.376. The zero-order valence-electron chi connectivity index (χ0n) is 29.9. The van der Waals surface area contributed by atoms with Crippen LogP contribution in [0, 0.1) is 0 Å². The lowest BCUT2D eigenvalue weighted by molar-refractivity contribution is 0.0227. The first-order valence-corrected chi connectivity index (χ1v) is 17.9. The minimum absolute atomic E-state index is 0.0674. The number of rotatable bonds is 4. The lowest BCUT2D eigenvalue weighted by atomic mass is 10.0. The molecule has 0 spiro atoms. The number of para-hydroxylation sites is 2. The number of likely N-dealkylation sites (tertiary alicyclic amines) is 1. The average molecular weight is 702 g/mol. The fraction of sp³-hybridized carbons (Fsp3) is 0.385. The topological polar surface area (TPSA) is 155 Å². The van der Waals surface area contributed by atoms with Crippen LogP contribution in [0.2, 0.25) is 0 Å². The molecule has 3 N–H and O–H groups in total. The van der Waals surface area contributed by atoms with Gasteiger partial charge in [0.15, 0.2) is 5.82 Å². The van der Waals surface area contributed by atoms with Gasteiger partial charge in [0.2, 0.25) is 0 Å². The molecular weight excluding hydrogens is 658 g/mol. The first-order chi connectivity index (χ1) is 25.2. The van der Waals surface area contributed by atoms with Crippen LogP contribution in [0.5, 0.6) is 5.75 Å². The van der Waals surface area contributed by atoms with E-state index < -0.39 is 0 Å². The van der Waals surface area contributed by atoms with E-state index in [2.05, 4.69) is 16.0 Å². The van der Waals surface area contributed by atoms with Gasteiger partial charge in [0.25, 0.3) is 11.8 Å². The smallest absolute Gasteiger partial charge is 0.272 e. The second-order valence-corrected chi connectivity index (χ2v) is 13.9. The van der Waals surface area contributed by atoms with Crippen molar-refractivity contribution in [1.29, 1.82) is 0 Å². The normalized spacial score (nSPS) is 19.9. The monoisotopic (exact) mass is 701 g/mol. The summed E-state index contributed by atoms with van der Waals surface area (Å²) in [4.78, 5) is 49.0. The molecule has 4 aromatic heterocycles. The Hall–Kier alpha value is -5.40. The third-order valence-electron chi connectivity index (χ3n) is 10.5. The van der Waals surface area contributed by atoms with Crippen molar-refractivity contribution >= 4 is 44.9 Å². The number of pyridine rings is 1. The van der Waals surface area contributed by atoms with Gasteiger partial charge in [-0.15, -0.1) is 0 Å². The van der Waals surface area contributed by atoms with Gasteiger partial charge in [-0.25, -0.2) is 19.9 Å². The highest BCUT2D eigenvalue weighted by Gasteiger charge is 2.31. The highest BCUT2D eigenvalue weighted by molar-refractivity contribution is 6.00. The molecule has 2 bridgehead atoms. The molecule has 1 fully saturated rings. The number of imidazole rings is 1. The number of methoxy groups -OCH3 is 2. The van der Waals surface area contributed by atoms with Gasteiger partial charge >= 0.3 is 0 Å². The number of hydrogen-bond donors (Lipinski definition) is 2. The number of nitrogens with one attached hydrogen (secondary N) is 1. The molecule has 6 aromatic rings. The van der Waals surface area contributed by atoms with E-state index >= 15 is 0 Å². The second-order valence-electron chi connectivity index (χ2n) is 13.9. The fourth-order valence-electron chi connectivity index (χ4n) is 7.70. The Morgan fingerprint density at radius 2 is 1.75 bits per heavy atom. The Balaban J connectivity index is 1.16. The summed E-state index contributed by atoms with van der Waals surface area (Å²) in [7, 11) is 5.24. The van der Waals surface area contributed by atoms with Gasteiger partial charge in [0.1, 0.15) is 22.6 Å². The van der Waals surface area contributed by atoms with Crippen LogP contribution in [0.1, 0.15) is 70.9 Å². The molecule has 0 radical (unpaired) electrons. The molecule has 52 heavy (non-hydrogen) atoms. The van der Waals surface area contributed by atoms with Gasteiger partial charge in [-0.2, -0.15) is 0 Å². The molecule has 0 aliphatic carbocycles. The van der Waals surface area contributed by atoms with E-state index in [-0.39, 0.29) is 30.0 Å². The Morgan fingerprint density at radius 1 is 0.942 bits per heavy atom. The molecular formula is C39H43N9O4. The van der Waals surface area contributed by atoms with Crippen LogP contribution in [0.15, 0.2) is 54.6 Å². The van der Waals surface area contributed by atoms with Crippen molar-refractivity contribution in [2.75, 3.05) is 27.3 Å². The van der Waals surface area contributed by atoms with Crippen LogP contribution in [-0.2, 0) is 24.8 Å². The molecule has 2 aliphatic heterocycles. The van der Waals surface area contributed by atoms with Gasteiger partial charge < -0.3 is 34.6 Å². The number of aryl methyl sites for hydroxylation is 3. The molecule has 0 unspecified atom stereocenters. The van der Waals surface area contributed by atoms with Gasteiger partial charge in [0.05, 0.1) is 52.9 Å². The molecule has 268 valence electrons. The van der Waals surface area contributed by atoms with E-state index in [4.69, 9.17) is 35.1 Å². The highest BCUT2D eigenvalue weighted by atomic mass is 16.5. The van der Waals surface area contributed by atoms with Crippen LogP contribution in [0.25, 0.3) is 44.6 Å². The van der Waals surface area contributed by atoms with Crippen molar-refractivity contribution in [2.24, 2.45) is 12.8 Å². The molecule has 3 atom stereocenters. The number of aromatic nitrogens is 6. The lowest BCUT2D eigenvalue weighted by Crippen LogP contribution is -2.53. The van der Waals surface area contributed by atoms with Gasteiger partial charge in [0, 0.05) is 50.8 Å². The third-order valence-corrected chi connectivity index (χ3v) is 10.5. The van der Waals surface area contributed by atoms with Crippen LogP contribution in [0.3, 0.4) is 0 Å². The summed E-state index contributed by atoms with van der Waals surface area (Å²) < 4.78 is 15.6. The van der Waals surface area contributed by atoms with E-state index in [1.807, 2.05) is 61.0 Å². The Morgan fingerprint density at radius 3 is 2.52 bits per heavy atom. The van der Waals surface area contributed by atoms with Gasteiger partial charge in [-0.1, -0.05) is 18.6 Å². The predicted molar refractivity (Wildman–Crippen MR) is 198 cm³/mol. The maximum absolute atomic E-state index is 13.7. The van der Waals surface area contributed by atoms with E-state index in [1.54, 1.807) is 25.2 Å². The number of amides is 2. The number of ether oxygens (including phenoxy) is 2. The van der Waals surface area contributed by atoms with E-state index in [9.17, 15) is 9.59 Å². The quantitative estimate of drug-likeness (QED) is 0.260. The number of carbonyl (C=O) groups is 2. The maximum atomic E-state index is 13.7. The first kappa shape index (κ1) is 33.7. The molecule has 6 heterocycles. The largest absolute Gasteiger partial charge is 0.494 e. The molecule has 13 nitrogen and oxygen atoms in total. The zero-order valence-corrected chi connectivity index (χ0v) is 29.9. The molecule has 0 saturated carbocycles. The summed E-state index contributed by atoms with van der Waals surface area (Å²) in [6.07, 6.45) is 3.91. The number of fused-ring (bicyclic) bond motifs is 4. The van der Waals surface area contributed by atoms with Crippen LogP contribution in [-0.4, -0.2) is 85.2 Å². The standard InChI is InChI=1S/C39H43N9O4/c1-22-26-14-13-23-19-31(37-45-30-18-24(20-33(52-4)35(30)46(37)2)39(50)47-17-15-32(51-3)25(40)21-47)48(36(23)44-26)16-9-5-6-12-29-34(38(49)41-22)43-28-11-8-7-10-27(28)42-29/h7-8,10-11,13-14,18-20,22,25,32H,5-6,9,12,15-17,21,40H2,1-4H3,(H,41,49)/t22-,25+,32-/m1/s1.